The largest absolute Gasteiger partial charge is 0.393 e. The first kappa shape index (κ1) is 15.7. The Bertz CT molecular complexity index is 418. The summed E-state index contributed by atoms with van der Waals surface area (Å²) in [6, 6.07) is 2.93. The molecule has 5 nitrogen and oxygen atoms in total. The molecule has 1 rings (SSSR count). The van der Waals surface area contributed by atoms with Gasteiger partial charge in [-0.2, -0.15) is 0 Å². The van der Waals surface area contributed by atoms with Crippen LogP contribution in [0.4, 0.5) is 0 Å². The van der Waals surface area contributed by atoms with Crippen LogP contribution in [0.25, 0.3) is 0 Å². The quantitative estimate of drug-likeness (QED) is 0.821. The number of nitrogens with zero attached hydrogens (tertiary/aromatic N) is 1. The van der Waals surface area contributed by atoms with Crippen LogP contribution in [0.2, 0.25) is 0 Å². The normalized spacial score (nSPS) is 13.7. The number of aliphatic hydroxyl groups excluding tert-OH is 1. The zero-order valence-electron chi connectivity index (χ0n) is 11.4. The number of nitrogens with one attached hydrogen (secondary N) is 1. The summed E-state index contributed by atoms with van der Waals surface area (Å²) in [7, 11) is 1.67. The van der Waals surface area contributed by atoms with E-state index in [0.717, 1.165) is 0 Å². The monoisotopic (exact) mass is 284 g/mol. The van der Waals surface area contributed by atoms with Crippen molar-refractivity contribution in [2.24, 2.45) is 0 Å². The molecule has 0 aromatic carbocycles. The van der Waals surface area contributed by atoms with Crippen molar-refractivity contribution in [3.05, 3.63) is 22.4 Å². The summed E-state index contributed by atoms with van der Waals surface area (Å²) in [4.78, 5) is 25.9. The minimum atomic E-state index is -0.575. The van der Waals surface area contributed by atoms with Crippen LogP contribution in [-0.2, 0) is 4.79 Å². The fraction of sp³-hybridized carbons (Fsp3) is 0.538. The molecule has 1 aromatic heterocycles. The second-order valence-electron chi connectivity index (χ2n) is 4.57. The van der Waals surface area contributed by atoms with Crippen molar-refractivity contribution in [3.8, 4) is 0 Å². The number of carbonyl (C=O) groups excluding carboxylic acids is 2. The van der Waals surface area contributed by atoms with Gasteiger partial charge < -0.3 is 15.3 Å². The van der Waals surface area contributed by atoms with Crippen molar-refractivity contribution >= 4 is 23.2 Å². The molecule has 0 aliphatic rings. The van der Waals surface area contributed by atoms with Gasteiger partial charge in [0.1, 0.15) is 6.04 Å². The lowest BCUT2D eigenvalue weighted by molar-refractivity contribution is -0.131. The molecular weight excluding hydrogens is 264 g/mol. The van der Waals surface area contributed by atoms with E-state index in [4.69, 9.17) is 0 Å². The summed E-state index contributed by atoms with van der Waals surface area (Å²) in [5.41, 5.74) is 0. The van der Waals surface area contributed by atoms with E-state index in [1.54, 1.807) is 33.0 Å². The molecule has 2 N–H and O–H groups in total. The summed E-state index contributed by atoms with van der Waals surface area (Å²) in [6.45, 7) is 3.81. The smallest absolute Gasteiger partial charge is 0.261 e. The van der Waals surface area contributed by atoms with Gasteiger partial charge in [-0.1, -0.05) is 6.07 Å². The maximum absolute atomic E-state index is 12.0. The third-order valence-corrected chi connectivity index (χ3v) is 3.59. The summed E-state index contributed by atoms with van der Waals surface area (Å²) in [5.74, 6) is -0.398. The van der Waals surface area contributed by atoms with E-state index in [0.29, 0.717) is 17.8 Å². The van der Waals surface area contributed by atoms with Crippen molar-refractivity contribution < 1.29 is 14.7 Å². The maximum atomic E-state index is 12.0. The Balaban J connectivity index is 2.46. The van der Waals surface area contributed by atoms with Gasteiger partial charge in [0.15, 0.2) is 0 Å². The van der Waals surface area contributed by atoms with Gasteiger partial charge in [-0.15, -0.1) is 11.3 Å². The Kier molecular flexibility index (Phi) is 5.98. The third kappa shape index (κ3) is 5.00. The predicted molar refractivity (Wildman–Crippen MR) is 75.2 cm³/mol. The van der Waals surface area contributed by atoms with Crippen LogP contribution >= 0.6 is 11.3 Å². The second kappa shape index (κ2) is 7.25. The molecule has 0 saturated heterocycles. The summed E-state index contributed by atoms with van der Waals surface area (Å²) in [6.07, 6.45) is 0.0830. The number of aliphatic hydroxyl groups is 1. The second-order valence-corrected chi connectivity index (χ2v) is 5.52. The van der Waals surface area contributed by atoms with E-state index >= 15 is 0 Å². The van der Waals surface area contributed by atoms with Gasteiger partial charge in [-0.3, -0.25) is 9.59 Å². The number of amides is 2. The Labute approximate surface area is 117 Å². The van der Waals surface area contributed by atoms with Gasteiger partial charge >= 0.3 is 0 Å². The first-order valence-corrected chi connectivity index (χ1v) is 7.07. The van der Waals surface area contributed by atoms with Crippen LogP contribution in [0.15, 0.2) is 17.5 Å². The van der Waals surface area contributed by atoms with Gasteiger partial charge in [-0.25, -0.2) is 0 Å². The first-order chi connectivity index (χ1) is 8.91. The van der Waals surface area contributed by atoms with Crippen molar-refractivity contribution in [1.29, 1.82) is 0 Å². The zero-order valence-corrected chi connectivity index (χ0v) is 12.2. The highest BCUT2D eigenvalue weighted by Crippen LogP contribution is 2.08. The van der Waals surface area contributed by atoms with E-state index in [2.05, 4.69) is 5.32 Å². The molecule has 106 valence electrons. The number of likely N-dealkylation sites (N-methyl/N-ethyl adjacent to an activating group) is 1. The van der Waals surface area contributed by atoms with Gasteiger partial charge in [0.2, 0.25) is 5.91 Å². The molecule has 19 heavy (non-hydrogen) atoms. The molecule has 0 bridgehead atoms. The van der Waals surface area contributed by atoms with Gasteiger partial charge in [0, 0.05) is 13.6 Å². The molecule has 0 saturated carbocycles. The first-order valence-electron chi connectivity index (χ1n) is 6.19. The Hall–Kier alpha value is -1.40. The molecule has 2 unspecified atom stereocenters. The summed E-state index contributed by atoms with van der Waals surface area (Å²) in [5, 5.41) is 13.7. The van der Waals surface area contributed by atoms with E-state index < -0.39 is 12.1 Å². The topological polar surface area (TPSA) is 69.6 Å². The number of thiophene rings is 1. The van der Waals surface area contributed by atoms with Crippen molar-refractivity contribution in [1.82, 2.24) is 10.2 Å². The van der Waals surface area contributed by atoms with Crippen LogP contribution in [0.3, 0.4) is 0 Å². The molecule has 0 aliphatic carbocycles. The Morgan fingerprint density at radius 3 is 2.68 bits per heavy atom. The predicted octanol–water partition coefficient (Wildman–Crippen LogP) is 1.10. The fourth-order valence-corrected chi connectivity index (χ4v) is 2.19. The SMILES string of the molecule is CC(O)CCN(C)C(=O)C(C)NC(=O)c1cccs1. The van der Waals surface area contributed by atoms with Gasteiger partial charge in [0.25, 0.3) is 5.91 Å². The molecular formula is C13H20N2O3S. The molecule has 2 atom stereocenters. The van der Waals surface area contributed by atoms with Crippen LogP contribution < -0.4 is 5.32 Å². The highest BCUT2D eigenvalue weighted by molar-refractivity contribution is 7.12. The van der Waals surface area contributed by atoms with Crippen molar-refractivity contribution in [2.75, 3.05) is 13.6 Å². The van der Waals surface area contributed by atoms with Crippen LogP contribution in [0.5, 0.6) is 0 Å². The minimum absolute atomic E-state index is 0.162. The fourth-order valence-electron chi connectivity index (χ4n) is 1.56. The Morgan fingerprint density at radius 2 is 2.16 bits per heavy atom. The average Bonchev–Trinajstić information content (AvgIpc) is 2.88. The number of hydrogen-bond donors (Lipinski definition) is 2. The standard InChI is InChI=1S/C13H20N2O3S/c1-9(16)6-7-15(3)13(18)10(2)14-12(17)11-5-4-8-19-11/h4-5,8-10,16H,6-7H2,1-3H3,(H,14,17). The summed E-state index contributed by atoms with van der Waals surface area (Å²) < 4.78 is 0. The van der Waals surface area contributed by atoms with E-state index in [1.165, 1.54) is 16.2 Å². The molecule has 0 aliphatic heterocycles. The highest BCUT2D eigenvalue weighted by Gasteiger charge is 2.20. The van der Waals surface area contributed by atoms with Crippen molar-refractivity contribution in [3.63, 3.8) is 0 Å². The summed E-state index contributed by atoms with van der Waals surface area (Å²) >= 11 is 1.34. The molecule has 0 fully saturated rings. The van der Waals surface area contributed by atoms with Gasteiger partial charge in [0.05, 0.1) is 11.0 Å². The molecule has 1 heterocycles. The number of rotatable bonds is 6. The molecule has 1 aromatic rings. The van der Waals surface area contributed by atoms with Crippen LogP contribution in [0.1, 0.15) is 29.9 Å². The van der Waals surface area contributed by atoms with Crippen LogP contribution in [0, 0.1) is 0 Å². The minimum Gasteiger partial charge on any atom is -0.393 e. The van der Waals surface area contributed by atoms with E-state index in [9.17, 15) is 14.7 Å². The Morgan fingerprint density at radius 1 is 1.47 bits per heavy atom. The molecule has 6 heteroatoms. The number of hydrogen-bond acceptors (Lipinski definition) is 4. The molecule has 0 radical (unpaired) electrons. The zero-order chi connectivity index (χ0) is 14.4. The lowest BCUT2D eigenvalue weighted by Crippen LogP contribution is -2.45. The lowest BCUT2D eigenvalue weighted by atomic mass is 10.2. The van der Waals surface area contributed by atoms with Crippen LogP contribution in [-0.4, -0.2) is 47.6 Å². The third-order valence-electron chi connectivity index (χ3n) is 2.72. The average molecular weight is 284 g/mol. The van der Waals surface area contributed by atoms with Crippen molar-refractivity contribution in [2.45, 2.75) is 32.4 Å². The maximum Gasteiger partial charge on any atom is 0.261 e. The molecule has 2 amide bonds. The highest BCUT2D eigenvalue weighted by atomic mass is 32.1. The van der Waals surface area contributed by atoms with E-state index in [-0.39, 0.29) is 11.8 Å². The van der Waals surface area contributed by atoms with E-state index in [1.807, 2.05) is 5.38 Å². The molecule has 0 spiro atoms. The lowest BCUT2D eigenvalue weighted by Gasteiger charge is -2.22. The number of carbonyl (C=O) groups is 2. The van der Waals surface area contributed by atoms with Gasteiger partial charge in [-0.05, 0) is 31.7 Å².